The van der Waals surface area contributed by atoms with Gasteiger partial charge >= 0.3 is 7.60 Å². The Labute approximate surface area is 75.7 Å². The average Bonchev–Trinajstić information content (AvgIpc) is 2.02. The Hall–Kier alpha value is -0.700. The smallest absolute Gasteiger partial charge is 0.324 e. The molecule has 0 aliphatic carbocycles. The number of halogens is 1. The second kappa shape index (κ2) is 4.01. The molecule has 1 unspecified atom stereocenters. The minimum atomic E-state index is -3.44. The molecule has 1 atom stereocenters. The van der Waals surface area contributed by atoms with Crippen molar-refractivity contribution in [3.63, 3.8) is 0 Å². The second-order valence-corrected chi connectivity index (χ2v) is 4.57. The molecule has 0 radical (unpaired) electrons. The maximum absolute atomic E-state index is 12.4. The van der Waals surface area contributed by atoms with Gasteiger partial charge in [-0.05, 0) is 17.7 Å². The van der Waals surface area contributed by atoms with Crippen LogP contribution in [-0.2, 0) is 15.7 Å². The molecule has 5 heteroatoms. The van der Waals surface area contributed by atoms with Crippen LogP contribution in [0.5, 0.6) is 0 Å². The van der Waals surface area contributed by atoms with Crippen molar-refractivity contribution in [3.8, 4) is 0 Å². The van der Waals surface area contributed by atoms with Gasteiger partial charge in [0.15, 0.2) is 0 Å². The van der Waals surface area contributed by atoms with E-state index in [4.69, 9.17) is 4.89 Å². The van der Waals surface area contributed by atoms with Crippen LogP contribution >= 0.6 is 7.60 Å². The molecule has 13 heavy (non-hydrogen) atoms. The van der Waals surface area contributed by atoms with E-state index in [0.29, 0.717) is 5.56 Å². The van der Waals surface area contributed by atoms with Crippen LogP contribution in [-0.4, -0.2) is 11.6 Å². The van der Waals surface area contributed by atoms with Crippen LogP contribution in [0, 0.1) is 5.82 Å². The van der Waals surface area contributed by atoms with E-state index in [1.54, 1.807) is 0 Å². The molecule has 0 aliphatic heterocycles. The Morgan fingerprint density at radius 3 is 2.46 bits per heavy atom. The van der Waals surface area contributed by atoms with Gasteiger partial charge in [-0.1, -0.05) is 12.1 Å². The van der Waals surface area contributed by atoms with E-state index in [1.807, 2.05) is 0 Å². The SMILES string of the molecule is CP(=O)(O)OCc1ccc(F)cc1. The Bertz CT molecular complexity index is 317. The lowest BCUT2D eigenvalue weighted by molar-refractivity contribution is 0.255. The highest BCUT2D eigenvalue weighted by Crippen LogP contribution is 2.37. The van der Waals surface area contributed by atoms with Gasteiger partial charge in [-0.25, -0.2) is 4.39 Å². The standard InChI is InChI=1S/C8H10FO3P/c1-13(10,11)12-6-7-2-4-8(9)5-3-7/h2-5H,6H2,1H3,(H,10,11). The number of hydrogen-bond acceptors (Lipinski definition) is 2. The summed E-state index contributed by atoms with van der Waals surface area (Å²) in [6, 6.07) is 5.56. The van der Waals surface area contributed by atoms with Crippen molar-refractivity contribution in [2.75, 3.05) is 6.66 Å². The summed E-state index contributed by atoms with van der Waals surface area (Å²) in [7, 11) is -3.44. The van der Waals surface area contributed by atoms with E-state index in [2.05, 4.69) is 4.52 Å². The van der Waals surface area contributed by atoms with Crippen LogP contribution in [0.25, 0.3) is 0 Å². The topological polar surface area (TPSA) is 46.5 Å². The Morgan fingerprint density at radius 1 is 1.46 bits per heavy atom. The first kappa shape index (κ1) is 10.4. The fraction of sp³-hybridized carbons (Fsp3) is 0.250. The molecule has 0 bridgehead atoms. The van der Waals surface area contributed by atoms with E-state index < -0.39 is 7.60 Å². The van der Waals surface area contributed by atoms with Crippen molar-refractivity contribution in [3.05, 3.63) is 35.6 Å². The van der Waals surface area contributed by atoms with Crippen molar-refractivity contribution in [1.29, 1.82) is 0 Å². The van der Waals surface area contributed by atoms with Crippen molar-refractivity contribution in [2.24, 2.45) is 0 Å². The van der Waals surface area contributed by atoms with Gasteiger partial charge in [0.1, 0.15) is 5.82 Å². The molecular formula is C8H10FO3P. The predicted octanol–water partition coefficient (Wildman–Crippen LogP) is 2.16. The molecule has 1 N–H and O–H groups in total. The fourth-order valence-corrected chi connectivity index (χ4v) is 1.16. The lowest BCUT2D eigenvalue weighted by Gasteiger charge is -2.06. The van der Waals surface area contributed by atoms with Crippen LogP contribution in [0.3, 0.4) is 0 Å². The molecule has 72 valence electrons. The molecule has 0 saturated heterocycles. The minimum Gasteiger partial charge on any atom is -0.324 e. The van der Waals surface area contributed by atoms with E-state index in [0.717, 1.165) is 6.66 Å². The van der Waals surface area contributed by atoms with Gasteiger partial charge in [0, 0.05) is 6.66 Å². The quantitative estimate of drug-likeness (QED) is 0.767. The highest BCUT2D eigenvalue weighted by molar-refractivity contribution is 7.51. The van der Waals surface area contributed by atoms with Crippen LogP contribution in [0.2, 0.25) is 0 Å². The van der Waals surface area contributed by atoms with Crippen LogP contribution in [0.1, 0.15) is 5.56 Å². The summed E-state index contributed by atoms with van der Waals surface area (Å²) in [5.74, 6) is -0.340. The third-order valence-corrected chi connectivity index (χ3v) is 1.99. The zero-order valence-electron chi connectivity index (χ0n) is 7.11. The van der Waals surface area contributed by atoms with E-state index in [1.165, 1.54) is 24.3 Å². The molecule has 1 aromatic rings. The third kappa shape index (κ3) is 4.18. The summed E-state index contributed by atoms with van der Waals surface area (Å²) in [5, 5.41) is 0. The highest BCUT2D eigenvalue weighted by atomic mass is 31.2. The Kier molecular flexibility index (Phi) is 3.20. The summed E-state index contributed by atoms with van der Waals surface area (Å²) in [5.41, 5.74) is 0.664. The van der Waals surface area contributed by atoms with E-state index in [-0.39, 0.29) is 12.4 Å². The van der Waals surface area contributed by atoms with Gasteiger partial charge in [0.2, 0.25) is 0 Å². The molecule has 1 aromatic carbocycles. The lowest BCUT2D eigenvalue weighted by atomic mass is 10.2. The van der Waals surface area contributed by atoms with Gasteiger partial charge in [-0.15, -0.1) is 0 Å². The molecule has 0 spiro atoms. The second-order valence-electron chi connectivity index (χ2n) is 2.70. The summed E-state index contributed by atoms with van der Waals surface area (Å²) < 4.78 is 27.8. The Balaban J connectivity index is 2.56. The molecule has 3 nitrogen and oxygen atoms in total. The van der Waals surface area contributed by atoms with E-state index in [9.17, 15) is 8.96 Å². The van der Waals surface area contributed by atoms with Crippen molar-refractivity contribution < 1.29 is 18.4 Å². The number of rotatable bonds is 3. The average molecular weight is 204 g/mol. The first-order valence-corrected chi connectivity index (χ1v) is 5.69. The van der Waals surface area contributed by atoms with Gasteiger partial charge < -0.3 is 9.42 Å². The van der Waals surface area contributed by atoms with Gasteiger partial charge in [-0.2, -0.15) is 0 Å². The van der Waals surface area contributed by atoms with Crippen molar-refractivity contribution >= 4 is 7.60 Å². The molecule has 0 aliphatic rings. The summed E-state index contributed by atoms with van der Waals surface area (Å²) in [6.07, 6.45) is 0. The van der Waals surface area contributed by atoms with Crippen molar-refractivity contribution in [1.82, 2.24) is 0 Å². The number of hydrogen-bond donors (Lipinski definition) is 1. The predicted molar refractivity (Wildman–Crippen MR) is 46.9 cm³/mol. The normalized spacial score (nSPS) is 15.3. The maximum atomic E-state index is 12.4. The zero-order chi connectivity index (χ0) is 9.90. The maximum Gasteiger partial charge on any atom is 0.325 e. The molecule has 0 aromatic heterocycles. The van der Waals surface area contributed by atoms with Gasteiger partial charge in [0.25, 0.3) is 0 Å². The third-order valence-electron chi connectivity index (χ3n) is 1.38. The molecule has 0 heterocycles. The first-order chi connectivity index (χ1) is 5.97. The summed E-state index contributed by atoms with van der Waals surface area (Å²) in [4.78, 5) is 8.79. The summed E-state index contributed by atoms with van der Waals surface area (Å²) >= 11 is 0. The largest absolute Gasteiger partial charge is 0.325 e. The monoisotopic (exact) mass is 204 g/mol. The molecule has 0 amide bonds. The Morgan fingerprint density at radius 2 is 2.00 bits per heavy atom. The highest BCUT2D eigenvalue weighted by Gasteiger charge is 2.09. The van der Waals surface area contributed by atoms with Gasteiger partial charge in [0.05, 0.1) is 6.61 Å². The molecule has 1 rings (SSSR count). The van der Waals surface area contributed by atoms with Crippen LogP contribution in [0.15, 0.2) is 24.3 Å². The van der Waals surface area contributed by atoms with E-state index >= 15 is 0 Å². The molecule has 0 saturated carbocycles. The molecular weight excluding hydrogens is 194 g/mol. The number of benzene rings is 1. The fourth-order valence-electron chi connectivity index (χ4n) is 0.775. The minimum absolute atomic E-state index is 0.0184. The summed E-state index contributed by atoms with van der Waals surface area (Å²) in [6.45, 7) is 1.13. The zero-order valence-corrected chi connectivity index (χ0v) is 8.00. The van der Waals surface area contributed by atoms with Crippen molar-refractivity contribution in [2.45, 2.75) is 6.61 Å². The first-order valence-electron chi connectivity index (χ1n) is 3.66. The van der Waals surface area contributed by atoms with Crippen LogP contribution in [0.4, 0.5) is 4.39 Å². The van der Waals surface area contributed by atoms with Gasteiger partial charge in [-0.3, -0.25) is 4.57 Å². The molecule has 0 fully saturated rings. The van der Waals surface area contributed by atoms with Crippen LogP contribution < -0.4 is 0 Å². The lowest BCUT2D eigenvalue weighted by Crippen LogP contribution is -1.90.